The maximum Gasteiger partial charge on any atom is 0.164 e. The van der Waals surface area contributed by atoms with Crippen LogP contribution in [0, 0.1) is 11.8 Å². The first-order chi connectivity index (χ1) is 7.89. The fourth-order valence-electron chi connectivity index (χ4n) is 3.09. The molecule has 0 aromatic carbocycles. The average molecular weight is 243 g/mol. The highest BCUT2D eigenvalue weighted by atomic mass is 16.5. The molecule has 0 bridgehead atoms. The fourth-order valence-corrected chi connectivity index (χ4v) is 3.09. The smallest absolute Gasteiger partial charge is 0.164 e. The van der Waals surface area contributed by atoms with Crippen LogP contribution in [-0.4, -0.2) is 22.0 Å². The Bertz CT molecular complexity index is 210. The van der Waals surface area contributed by atoms with Gasteiger partial charge in [0.2, 0.25) is 0 Å². The molecule has 0 aliphatic heterocycles. The van der Waals surface area contributed by atoms with Gasteiger partial charge in [0.15, 0.2) is 5.79 Å². The summed E-state index contributed by atoms with van der Waals surface area (Å²) in [6, 6.07) is -0.0770. The van der Waals surface area contributed by atoms with Crippen LogP contribution in [0.5, 0.6) is 0 Å². The van der Waals surface area contributed by atoms with Crippen molar-refractivity contribution in [1.29, 1.82) is 0 Å². The molecular formula is C14H29NO2. The van der Waals surface area contributed by atoms with E-state index in [4.69, 9.17) is 5.73 Å². The van der Waals surface area contributed by atoms with Gasteiger partial charge in [0.05, 0.1) is 0 Å². The zero-order valence-electron chi connectivity index (χ0n) is 11.4. The summed E-state index contributed by atoms with van der Waals surface area (Å²) in [5.74, 6) is -0.595. The monoisotopic (exact) mass is 243 g/mol. The first kappa shape index (κ1) is 14.9. The quantitative estimate of drug-likeness (QED) is 0.628. The largest absolute Gasteiger partial charge is 0.366 e. The van der Waals surface area contributed by atoms with Crippen LogP contribution >= 0.6 is 0 Å². The van der Waals surface area contributed by atoms with Crippen molar-refractivity contribution in [3.8, 4) is 0 Å². The molecule has 1 aliphatic carbocycles. The van der Waals surface area contributed by atoms with Gasteiger partial charge in [-0.1, -0.05) is 46.0 Å². The maximum atomic E-state index is 9.86. The standard InChI is InChI=1S/C14H29NO2/c1-11(2)9-14(16,17)10-13(15)8-12-6-4-3-5-7-12/h11-13,16-17H,3-10,15H2,1-2H3. The molecule has 17 heavy (non-hydrogen) atoms. The number of nitrogens with two attached hydrogens (primary N) is 1. The molecule has 1 rings (SSSR count). The molecule has 1 aliphatic rings. The minimum Gasteiger partial charge on any atom is -0.366 e. The fraction of sp³-hybridized carbons (Fsp3) is 1.00. The Balaban J connectivity index is 2.29. The summed E-state index contributed by atoms with van der Waals surface area (Å²) in [6.45, 7) is 3.99. The maximum absolute atomic E-state index is 9.86. The molecular weight excluding hydrogens is 214 g/mol. The van der Waals surface area contributed by atoms with Crippen LogP contribution in [0.15, 0.2) is 0 Å². The molecule has 3 nitrogen and oxygen atoms in total. The van der Waals surface area contributed by atoms with Crippen molar-refractivity contribution < 1.29 is 10.2 Å². The van der Waals surface area contributed by atoms with Crippen LogP contribution in [0.2, 0.25) is 0 Å². The summed E-state index contributed by atoms with van der Waals surface area (Å²) in [4.78, 5) is 0. The number of aliphatic hydroxyl groups is 2. The summed E-state index contributed by atoms with van der Waals surface area (Å²) in [7, 11) is 0. The molecule has 0 radical (unpaired) electrons. The van der Waals surface area contributed by atoms with E-state index in [9.17, 15) is 10.2 Å². The van der Waals surface area contributed by atoms with Gasteiger partial charge in [-0.15, -0.1) is 0 Å². The first-order valence-corrected chi connectivity index (χ1v) is 7.09. The molecule has 0 amide bonds. The molecule has 0 aromatic rings. The molecule has 1 saturated carbocycles. The van der Waals surface area contributed by atoms with Crippen LogP contribution in [-0.2, 0) is 0 Å². The third-order valence-electron chi connectivity index (χ3n) is 3.69. The molecule has 1 unspecified atom stereocenters. The van der Waals surface area contributed by atoms with E-state index in [2.05, 4.69) is 0 Å². The highest BCUT2D eigenvalue weighted by molar-refractivity contribution is 4.78. The minimum atomic E-state index is -1.58. The Labute approximate surface area is 105 Å². The summed E-state index contributed by atoms with van der Waals surface area (Å²) >= 11 is 0. The summed E-state index contributed by atoms with van der Waals surface area (Å²) in [6.07, 6.45) is 8.17. The van der Waals surface area contributed by atoms with Crippen molar-refractivity contribution in [2.24, 2.45) is 17.6 Å². The predicted molar refractivity (Wildman–Crippen MR) is 70.4 cm³/mol. The summed E-state index contributed by atoms with van der Waals surface area (Å²) < 4.78 is 0. The Morgan fingerprint density at radius 1 is 1.12 bits per heavy atom. The lowest BCUT2D eigenvalue weighted by Gasteiger charge is -2.30. The Morgan fingerprint density at radius 3 is 2.24 bits per heavy atom. The van der Waals surface area contributed by atoms with Gasteiger partial charge in [0.25, 0.3) is 0 Å². The highest BCUT2D eigenvalue weighted by Crippen LogP contribution is 2.29. The second-order valence-corrected chi connectivity index (χ2v) is 6.28. The Hall–Kier alpha value is -0.120. The van der Waals surface area contributed by atoms with E-state index in [1.165, 1.54) is 32.1 Å². The molecule has 102 valence electrons. The van der Waals surface area contributed by atoms with Crippen molar-refractivity contribution in [2.45, 2.75) is 77.0 Å². The summed E-state index contributed by atoms with van der Waals surface area (Å²) in [5, 5.41) is 19.7. The van der Waals surface area contributed by atoms with Crippen LogP contribution in [0.3, 0.4) is 0 Å². The van der Waals surface area contributed by atoms with Crippen molar-refractivity contribution in [2.75, 3.05) is 0 Å². The number of hydrogen-bond acceptors (Lipinski definition) is 3. The van der Waals surface area contributed by atoms with Gasteiger partial charge in [-0.2, -0.15) is 0 Å². The third kappa shape index (κ3) is 6.39. The lowest BCUT2D eigenvalue weighted by atomic mass is 9.83. The van der Waals surface area contributed by atoms with Gasteiger partial charge in [0, 0.05) is 18.9 Å². The van der Waals surface area contributed by atoms with E-state index in [0.717, 1.165) is 6.42 Å². The van der Waals surface area contributed by atoms with E-state index >= 15 is 0 Å². The second kappa shape index (κ2) is 6.72. The molecule has 1 atom stereocenters. The van der Waals surface area contributed by atoms with Crippen LogP contribution in [0.25, 0.3) is 0 Å². The molecule has 1 fully saturated rings. The van der Waals surface area contributed by atoms with Crippen molar-refractivity contribution in [3.63, 3.8) is 0 Å². The first-order valence-electron chi connectivity index (χ1n) is 7.09. The van der Waals surface area contributed by atoms with E-state index < -0.39 is 5.79 Å². The van der Waals surface area contributed by atoms with E-state index in [1.807, 2.05) is 13.8 Å². The lowest BCUT2D eigenvalue weighted by Crippen LogP contribution is -2.39. The topological polar surface area (TPSA) is 66.5 Å². The van der Waals surface area contributed by atoms with Gasteiger partial charge in [0.1, 0.15) is 0 Å². The molecule has 0 aromatic heterocycles. The second-order valence-electron chi connectivity index (χ2n) is 6.28. The van der Waals surface area contributed by atoms with Gasteiger partial charge >= 0.3 is 0 Å². The zero-order valence-corrected chi connectivity index (χ0v) is 11.4. The number of hydrogen-bond donors (Lipinski definition) is 3. The number of rotatable bonds is 6. The van der Waals surface area contributed by atoms with Gasteiger partial charge in [-0.3, -0.25) is 0 Å². The highest BCUT2D eigenvalue weighted by Gasteiger charge is 2.28. The lowest BCUT2D eigenvalue weighted by molar-refractivity contribution is -0.179. The Morgan fingerprint density at radius 2 is 1.71 bits per heavy atom. The van der Waals surface area contributed by atoms with Gasteiger partial charge in [-0.05, 0) is 18.3 Å². The Kier molecular flexibility index (Phi) is 5.90. The van der Waals surface area contributed by atoms with E-state index in [-0.39, 0.29) is 12.0 Å². The predicted octanol–water partition coefficient (Wildman–Crippen LogP) is 2.40. The SMILES string of the molecule is CC(C)CC(O)(O)CC(N)CC1CCCCC1. The van der Waals surface area contributed by atoms with Crippen LogP contribution in [0.1, 0.15) is 65.2 Å². The molecule has 0 saturated heterocycles. The van der Waals surface area contributed by atoms with Gasteiger partial charge in [-0.25, -0.2) is 0 Å². The summed E-state index contributed by atoms with van der Waals surface area (Å²) in [5.41, 5.74) is 6.05. The normalized spacial score (nSPS) is 20.8. The van der Waals surface area contributed by atoms with Gasteiger partial charge < -0.3 is 15.9 Å². The molecule has 0 spiro atoms. The van der Waals surface area contributed by atoms with Crippen LogP contribution in [0.4, 0.5) is 0 Å². The molecule has 4 N–H and O–H groups in total. The average Bonchev–Trinajstić information content (AvgIpc) is 2.15. The molecule has 0 heterocycles. The van der Waals surface area contributed by atoms with Crippen molar-refractivity contribution >= 4 is 0 Å². The zero-order chi connectivity index (χ0) is 12.9. The van der Waals surface area contributed by atoms with E-state index in [1.54, 1.807) is 0 Å². The van der Waals surface area contributed by atoms with Crippen molar-refractivity contribution in [3.05, 3.63) is 0 Å². The van der Waals surface area contributed by atoms with Crippen molar-refractivity contribution in [1.82, 2.24) is 0 Å². The minimum absolute atomic E-state index is 0.0770. The van der Waals surface area contributed by atoms with Crippen LogP contribution < -0.4 is 5.73 Å². The molecule has 3 heteroatoms. The third-order valence-corrected chi connectivity index (χ3v) is 3.69. The van der Waals surface area contributed by atoms with E-state index in [0.29, 0.717) is 18.8 Å².